The number of rotatable bonds is 3. The number of hydrogen-bond acceptors (Lipinski definition) is 1. The van der Waals surface area contributed by atoms with Gasteiger partial charge in [-0.2, -0.15) is 0 Å². The molecule has 0 N–H and O–H groups in total. The van der Waals surface area contributed by atoms with Gasteiger partial charge in [0.2, 0.25) is 5.91 Å². The molecule has 0 aromatic carbocycles. The summed E-state index contributed by atoms with van der Waals surface area (Å²) in [4.78, 5) is 12.4. The zero-order chi connectivity index (χ0) is 7.98. The SMILES string of the molecule is CN(C)C(=O)C/C=C/CCl. The van der Waals surface area contributed by atoms with E-state index in [4.69, 9.17) is 11.6 Å². The summed E-state index contributed by atoms with van der Waals surface area (Å²) in [5.74, 6) is 0.571. The van der Waals surface area contributed by atoms with Crippen molar-refractivity contribution >= 4 is 17.5 Å². The van der Waals surface area contributed by atoms with E-state index in [0.717, 1.165) is 0 Å². The van der Waals surface area contributed by atoms with Crippen molar-refractivity contribution < 1.29 is 4.79 Å². The number of carbonyl (C=O) groups excluding carboxylic acids is 1. The predicted molar refractivity (Wildman–Crippen MR) is 43.2 cm³/mol. The first-order valence-corrected chi connectivity index (χ1v) is 3.63. The van der Waals surface area contributed by atoms with E-state index in [2.05, 4.69) is 0 Å². The summed E-state index contributed by atoms with van der Waals surface area (Å²) in [5.41, 5.74) is 0. The molecule has 0 rings (SSSR count). The van der Waals surface area contributed by atoms with Crippen LogP contribution < -0.4 is 0 Å². The summed E-state index contributed by atoms with van der Waals surface area (Å²) in [5, 5.41) is 0. The molecule has 0 bridgehead atoms. The van der Waals surface area contributed by atoms with E-state index in [0.29, 0.717) is 12.3 Å². The highest BCUT2D eigenvalue weighted by Crippen LogP contribution is 1.89. The lowest BCUT2D eigenvalue weighted by Gasteiger charge is -2.06. The lowest BCUT2D eigenvalue weighted by Crippen LogP contribution is -2.20. The first-order valence-electron chi connectivity index (χ1n) is 3.09. The lowest BCUT2D eigenvalue weighted by atomic mass is 10.3. The molecule has 0 aliphatic rings. The highest BCUT2D eigenvalue weighted by atomic mass is 35.5. The monoisotopic (exact) mass is 161 g/mol. The molecule has 0 aliphatic carbocycles. The molecule has 0 aromatic rings. The van der Waals surface area contributed by atoms with E-state index in [9.17, 15) is 4.79 Å². The Morgan fingerprint density at radius 1 is 1.50 bits per heavy atom. The Kier molecular flexibility index (Phi) is 5.03. The van der Waals surface area contributed by atoms with Crippen molar-refractivity contribution in [1.29, 1.82) is 0 Å². The Morgan fingerprint density at radius 2 is 2.10 bits per heavy atom. The average molecular weight is 162 g/mol. The van der Waals surface area contributed by atoms with Crippen molar-refractivity contribution in [1.82, 2.24) is 4.90 Å². The van der Waals surface area contributed by atoms with Crippen LogP contribution in [0.15, 0.2) is 12.2 Å². The predicted octanol–water partition coefficient (Wildman–Crippen LogP) is 1.26. The Hall–Kier alpha value is -0.500. The third-order valence-corrected chi connectivity index (χ3v) is 1.23. The molecule has 0 unspecified atom stereocenters. The third kappa shape index (κ3) is 4.39. The van der Waals surface area contributed by atoms with Gasteiger partial charge in [0.05, 0.1) is 0 Å². The highest BCUT2D eigenvalue weighted by Gasteiger charge is 1.97. The van der Waals surface area contributed by atoms with Crippen LogP contribution >= 0.6 is 11.6 Å². The van der Waals surface area contributed by atoms with Crippen LogP contribution in [0.4, 0.5) is 0 Å². The minimum Gasteiger partial charge on any atom is -0.349 e. The van der Waals surface area contributed by atoms with Crippen molar-refractivity contribution in [2.75, 3.05) is 20.0 Å². The zero-order valence-corrected chi connectivity index (χ0v) is 7.06. The highest BCUT2D eigenvalue weighted by molar-refractivity contribution is 6.18. The van der Waals surface area contributed by atoms with Crippen LogP contribution in [0.1, 0.15) is 6.42 Å². The second kappa shape index (κ2) is 5.30. The van der Waals surface area contributed by atoms with Crippen LogP contribution in [0.25, 0.3) is 0 Å². The molecule has 1 amide bonds. The van der Waals surface area contributed by atoms with Crippen molar-refractivity contribution in [2.45, 2.75) is 6.42 Å². The van der Waals surface area contributed by atoms with Gasteiger partial charge in [-0.05, 0) is 0 Å². The zero-order valence-electron chi connectivity index (χ0n) is 6.30. The maximum absolute atomic E-state index is 10.8. The van der Waals surface area contributed by atoms with Gasteiger partial charge in [0.1, 0.15) is 0 Å². The van der Waals surface area contributed by atoms with E-state index in [-0.39, 0.29) is 5.91 Å². The molecular formula is C7H12ClNO. The molecule has 3 heteroatoms. The summed E-state index contributed by atoms with van der Waals surface area (Å²) in [6.45, 7) is 0. The quantitative estimate of drug-likeness (QED) is 0.451. The van der Waals surface area contributed by atoms with E-state index in [1.807, 2.05) is 0 Å². The van der Waals surface area contributed by atoms with Crippen molar-refractivity contribution in [2.24, 2.45) is 0 Å². The maximum atomic E-state index is 10.8. The summed E-state index contributed by atoms with van der Waals surface area (Å²) >= 11 is 5.35. The number of halogens is 1. The number of nitrogens with zero attached hydrogens (tertiary/aromatic N) is 1. The van der Waals surface area contributed by atoms with Crippen LogP contribution in [-0.2, 0) is 4.79 Å². The molecular weight excluding hydrogens is 150 g/mol. The largest absolute Gasteiger partial charge is 0.349 e. The molecule has 2 nitrogen and oxygen atoms in total. The Bertz CT molecular complexity index is 132. The van der Waals surface area contributed by atoms with Crippen molar-refractivity contribution in [3.8, 4) is 0 Å². The normalized spacial score (nSPS) is 10.3. The van der Waals surface area contributed by atoms with Gasteiger partial charge < -0.3 is 4.90 Å². The molecule has 0 saturated heterocycles. The van der Waals surface area contributed by atoms with E-state index in [1.54, 1.807) is 31.1 Å². The summed E-state index contributed by atoms with van der Waals surface area (Å²) in [6, 6.07) is 0. The molecule has 0 atom stereocenters. The van der Waals surface area contributed by atoms with Gasteiger partial charge in [-0.1, -0.05) is 12.2 Å². The topological polar surface area (TPSA) is 20.3 Å². The van der Waals surface area contributed by atoms with Gasteiger partial charge in [0.25, 0.3) is 0 Å². The summed E-state index contributed by atoms with van der Waals surface area (Å²) < 4.78 is 0. The third-order valence-electron chi connectivity index (χ3n) is 1.05. The Labute approximate surface area is 66.5 Å². The first-order chi connectivity index (χ1) is 4.68. The molecule has 0 aliphatic heterocycles. The van der Waals surface area contributed by atoms with Gasteiger partial charge >= 0.3 is 0 Å². The molecule has 0 heterocycles. The number of amides is 1. The van der Waals surface area contributed by atoms with Crippen LogP contribution in [0.3, 0.4) is 0 Å². The second-order valence-electron chi connectivity index (χ2n) is 2.12. The fourth-order valence-electron chi connectivity index (χ4n) is 0.430. The molecule has 0 aromatic heterocycles. The van der Waals surface area contributed by atoms with Crippen LogP contribution in [0, 0.1) is 0 Å². The van der Waals surface area contributed by atoms with Crippen molar-refractivity contribution in [3.63, 3.8) is 0 Å². The lowest BCUT2D eigenvalue weighted by molar-refractivity contribution is -0.127. The average Bonchev–Trinajstić information content (AvgIpc) is 1.88. The molecule has 0 fully saturated rings. The van der Waals surface area contributed by atoms with E-state index < -0.39 is 0 Å². The van der Waals surface area contributed by atoms with Crippen molar-refractivity contribution in [3.05, 3.63) is 12.2 Å². The second-order valence-corrected chi connectivity index (χ2v) is 2.43. The van der Waals surface area contributed by atoms with Gasteiger partial charge in [0.15, 0.2) is 0 Å². The minimum absolute atomic E-state index is 0.0985. The fourth-order valence-corrected chi connectivity index (χ4v) is 0.556. The number of hydrogen-bond donors (Lipinski definition) is 0. The van der Waals surface area contributed by atoms with Gasteiger partial charge in [0, 0.05) is 26.4 Å². The Balaban J connectivity index is 3.49. The maximum Gasteiger partial charge on any atom is 0.225 e. The standard InChI is InChI=1S/C7H12ClNO/c1-9(2)7(10)5-3-4-6-8/h3-4H,5-6H2,1-2H3/b4-3+. The smallest absolute Gasteiger partial charge is 0.225 e. The van der Waals surface area contributed by atoms with Gasteiger partial charge in [-0.3, -0.25) is 4.79 Å². The molecule has 0 radical (unpaired) electrons. The molecule has 10 heavy (non-hydrogen) atoms. The van der Waals surface area contributed by atoms with E-state index in [1.165, 1.54) is 0 Å². The number of alkyl halides is 1. The summed E-state index contributed by atoms with van der Waals surface area (Å²) in [6.07, 6.45) is 3.98. The molecule has 0 saturated carbocycles. The number of carbonyl (C=O) groups is 1. The van der Waals surface area contributed by atoms with Crippen LogP contribution in [0.2, 0.25) is 0 Å². The fraction of sp³-hybridized carbons (Fsp3) is 0.571. The van der Waals surface area contributed by atoms with Gasteiger partial charge in [-0.25, -0.2) is 0 Å². The number of allylic oxidation sites excluding steroid dienone is 1. The minimum atomic E-state index is 0.0985. The molecule has 58 valence electrons. The van der Waals surface area contributed by atoms with Crippen LogP contribution in [-0.4, -0.2) is 30.8 Å². The van der Waals surface area contributed by atoms with Crippen LogP contribution in [0.5, 0.6) is 0 Å². The van der Waals surface area contributed by atoms with Gasteiger partial charge in [-0.15, -0.1) is 11.6 Å². The molecule has 0 spiro atoms. The Morgan fingerprint density at radius 3 is 2.50 bits per heavy atom. The van der Waals surface area contributed by atoms with E-state index >= 15 is 0 Å². The summed E-state index contributed by atoms with van der Waals surface area (Å²) in [7, 11) is 3.47. The first kappa shape index (κ1) is 9.50.